The molecule has 30 heavy (non-hydrogen) atoms. The van der Waals surface area contributed by atoms with Crippen LogP contribution in [0.15, 0.2) is 53.6 Å². The summed E-state index contributed by atoms with van der Waals surface area (Å²) in [5, 5.41) is 23.1. The molecule has 0 saturated carbocycles. The molecule has 3 aromatic heterocycles. The van der Waals surface area contributed by atoms with Gasteiger partial charge in [-0.05, 0) is 47.7 Å². The number of fused-ring (bicyclic) bond motifs is 3. The van der Waals surface area contributed by atoms with E-state index in [-0.39, 0.29) is 17.8 Å². The second-order valence-corrected chi connectivity index (χ2v) is 6.59. The monoisotopic (exact) mass is 405 g/mol. The van der Waals surface area contributed by atoms with Gasteiger partial charge in [-0.2, -0.15) is 0 Å². The zero-order valence-corrected chi connectivity index (χ0v) is 15.9. The van der Waals surface area contributed by atoms with Gasteiger partial charge in [0.15, 0.2) is 5.82 Å². The SMILES string of the molecule is CCn1c(=O)c2ccccc2n2c(CNc3cc(-n4cnnn4)ccc3F)nnc12. The van der Waals surface area contributed by atoms with Gasteiger partial charge in [0.05, 0.1) is 28.8 Å². The lowest BCUT2D eigenvalue weighted by Gasteiger charge is -2.11. The molecule has 5 rings (SSSR count). The van der Waals surface area contributed by atoms with Gasteiger partial charge in [-0.25, -0.2) is 9.07 Å². The van der Waals surface area contributed by atoms with Crippen LogP contribution in [0.5, 0.6) is 0 Å². The quantitative estimate of drug-likeness (QED) is 0.475. The summed E-state index contributed by atoms with van der Waals surface area (Å²) >= 11 is 0. The summed E-state index contributed by atoms with van der Waals surface area (Å²) < 4.78 is 19.2. The summed E-state index contributed by atoms with van der Waals surface area (Å²) in [5.41, 5.74) is 1.47. The van der Waals surface area contributed by atoms with Crippen molar-refractivity contribution < 1.29 is 4.39 Å². The molecule has 0 unspecified atom stereocenters. The van der Waals surface area contributed by atoms with Gasteiger partial charge < -0.3 is 5.32 Å². The third-order valence-corrected chi connectivity index (χ3v) is 4.89. The Morgan fingerprint density at radius 1 is 1.13 bits per heavy atom. The van der Waals surface area contributed by atoms with Crippen LogP contribution in [0.25, 0.3) is 22.4 Å². The predicted octanol–water partition coefficient (Wildman–Crippen LogP) is 1.79. The Kier molecular flexibility index (Phi) is 4.20. The number of benzene rings is 2. The highest BCUT2D eigenvalue weighted by Gasteiger charge is 2.16. The molecule has 1 N–H and O–H groups in total. The lowest BCUT2D eigenvalue weighted by molar-refractivity contribution is 0.628. The summed E-state index contributed by atoms with van der Waals surface area (Å²) in [6, 6.07) is 11.8. The first-order valence-electron chi connectivity index (χ1n) is 9.29. The molecule has 0 bridgehead atoms. The first-order chi connectivity index (χ1) is 14.7. The number of tetrazole rings is 1. The van der Waals surface area contributed by atoms with Crippen molar-refractivity contribution in [3.8, 4) is 5.69 Å². The lowest BCUT2D eigenvalue weighted by Crippen LogP contribution is -2.23. The fraction of sp³-hybridized carbons (Fsp3) is 0.158. The van der Waals surface area contributed by atoms with Crippen molar-refractivity contribution in [3.05, 3.63) is 70.8 Å². The third kappa shape index (κ3) is 2.79. The van der Waals surface area contributed by atoms with Crippen LogP contribution >= 0.6 is 0 Å². The largest absolute Gasteiger partial charge is 0.375 e. The smallest absolute Gasteiger partial charge is 0.262 e. The van der Waals surface area contributed by atoms with Crippen molar-refractivity contribution in [2.75, 3.05) is 5.32 Å². The van der Waals surface area contributed by atoms with E-state index in [1.54, 1.807) is 22.8 Å². The highest BCUT2D eigenvalue weighted by molar-refractivity contribution is 5.80. The molecule has 0 aliphatic heterocycles. The Labute approximate surface area is 168 Å². The van der Waals surface area contributed by atoms with Crippen LogP contribution in [-0.4, -0.2) is 39.4 Å². The first kappa shape index (κ1) is 17.9. The molecule has 0 atom stereocenters. The normalized spacial score (nSPS) is 11.4. The Balaban J connectivity index is 1.57. The summed E-state index contributed by atoms with van der Waals surface area (Å²) in [4.78, 5) is 12.8. The Morgan fingerprint density at radius 3 is 2.80 bits per heavy atom. The molecule has 0 spiro atoms. The van der Waals surface area contributed by atoms with Gasteiger partial charge in [-0.15, -0.1) is 15.3 Å². The summed E-state index contributed by atoms with van der Waals surface area (Å²) in [7, 11) is 0. The molecule has 0 saturated heterocycles. The number of halogens is 1. The van der Waals surface area contributed by atoms with Crippen molar-refractivity contribution in [2.24, 2.45) is 0 Å². The van der Waals surface area contributed by atoms with Gasteiger partial charge in [0.25, 0.3) is 5.56 Å². The zero-order valence-electron chi connectivity index (χ0n) is 15.9. The Morgan fingerprint density at radius 2 is 2.00 bits per heavy atom. The summed E-state index contributed by atoms with van der Waals surface area (Å²) in [6.07, 6.45) is 1.43. The van der Waals surface area contributed by atoms with Crippen LogP contribution in [0, 0.1) is 5.82 Å². The summed E-state index contributed by atoms with van der Waals surface area (Å²) in [6.45, 7) is 2.53. The van der Waals surface area contributed by atoms with Gasteiger partial charge in [0, 0.05) is 6.54 Å². The number of anilines is 1. The molecule has 150 valence electrons. The van der Waals surface area contributed by atoms with Gasteiger partial charge in [0.2, 0.25) is 5.78 Å². The number of nitrogens with zero attached hydrogens (tertiary/aromatic N) is 8. The highest BCUT2D eigenvalue weighted by Crippen LogP contribution is 2.20. The maximum Gasteiger partial charge on any atom is 0.262 e. The Hall–Kier alpha value is -4.15. The maximum atomic E-state index is 14.4. The average molecular weight is 405 g/mol. The van der Waals surface area contributed by atoms with E-state index in [1.807, 2.05) is 29.5 Å². The van der Waals surface area contributed by atoms with Gasteiger partial charge in [0.1, 0.15) is 12.1 Å². The molecule has 2 aromatic carbocycles. The van der Waals surface area contributed by atoms with Crippen LogP contribution < -0.4 is 10.9 Å². The minimum Gasteiger partial charge on any atom is -0.375 e. The molecule has 0 radical (unpaired) electrons. The van der Waals surface area contributed by atoms with E-state index in [0.717, 1.165) is 0 Å². The van der Waals surface area contributed by atoms with Crippen molar-refractivity contribution in [1.29, 1.82) is 0 Å². The maximum absolute atomic E-state index is 14.4. The number of aromatic nitrogens is 8. The van der Waals surface area contributed by atoms with Crippen molar-refractivity contribution in [3.63, 3.8) is 0 Å². The molecule has 0 fully saturated rings. The van der Waals surface area contributed by atoms with Crippen LogP contribution in [0.4, 0.5) is 10.1 Å². The van der Waals surface area contributed by atoms with E-state index < -0.39 is 5.82 Å². The number of hydrogen-bond acceptors (Lipinski definition) is 7. The molecule has 10 nitrogen and oxygen atoms in total. The van der Waals surface area contributed by atoms with Crippen molar-refractivity contribution in [2.45, 2.75) is 20.0 Å². The molecule has 11 heteroatoms. The minimum atomic E-state index is -0.420. The van der Waals surface area contributed by atoms with Crippen LogP contribution in [0.3, 0.4) is 0 Å². The molecular weight excluding hydrogens is 389 g/mol. The molecule has 0 amide bonds. The van der Waals surface area contributed by atoms with Crippen LogP contribution in [-0.2, 0) is 13.1 Å². The number of nitrogens with one attached hydrogen (secondary N) is 1. The average Bonchev–Trinajstić information content (AvgIpc) is 3.44. The standard InChI is InChI=1S/C19H16FN9O/c1-2-27-18(30)13-5-3-4-6-16(13)29-17(23-24-19(27)29)10-21-15-9-12(7-8-14(15)20)28-11-22-25-26-28/h3-9,11,21H,2,10H2,1H3. The van der Waals surface area contributed by atoms with E-state index in [0.29, 0.717) is 34.7 Å². The van der Waals surface area contributed by atoms with E-state index in [2.05, 4.69) is 31.0 Å². The van der Waals surface area contributed by atoms with Gasteiger partial charge in [-0.1, -0.05) is 12.1 Å². The first-order valence-corrected chi connectivity index (χ1v) is 9.29. The summed E-state index contributed by atoms with van der Waals surface area (Å²) in [5.74, 6) is 0.576. The zero-order chi connectivity index (χ0) is 20.7. The lowest BCUT2D eigenvalue weighted by atomic mass is 10.2. The molecule has 0 aliphatic rings. The third-order valence-electron chi connectivity index (χ3n) is 4.89. The number of rotatable bonds is 5. The topological polar surface area (TPSA) is 108 Å². The van der Waals surface area contributed by atoms with E-state index in [9.17, 15) is 9.18 Å². The van der Waals surface area contributed by atoms with Crippen molar-refractivity contribution in [1.82, 2.24) is 39.4 Å². The second-order valence-electron chi connectivity index (χ2n) is 6.59. The molecule has 5 aromatic rings. The molecule has 3 heterocycles. The van der Waals surface area contributed by atoms with Gasteiger partial charge >= 0.3 is 0 Å². The fourth-order valence-corrected chi connectivity index (χ4v) is 3.46. The van der Waals surface area contributed by atoms with E-state index in [4.69, 9.17) is 0 Å². The Bertz CT molecular complexity index is 1420. The number of hydrogen-bond donors (Lipinski definition) is 1. The van der Waals surface area contributed by atoms with Crippen LogP contribution in [0.1, 0.15) is 12.7 Å². The van der Waals surface area contributed by atoms with Crippen molar-refractivity contribution >= 4 is 22.4 Å². The molecular formula is C19H16FN9O. The highest BCUT2D eigenvalue weighted by atomic mass is 19.1. The molecule has 0 aliphatic carbocycles. The van der Waals surface area contributed by atoms with E-state index >= 15 is 0 Å². The van der Waals surface area contributed by atoms with E-state index in [1.165, 1.54) is 17.1 Å². The van der Waals surface area contributed by atoms with Gasteiger partial charge in [-0.3, -0.25) is 13.8 Å². The minimum absolute atomic E-state index is 0.118. The second kappa shape index (κ2) is 7.03. The number of aryl methyl sites for hydroxylation is 1. The number of para-hydroxylation sites is 1. The van der Waals surface area contributed by atoms with Crippen LogP contribution in [0.2, 0.25) is 0 Å². The fourth-order valence-electron chi connectivity index (χ4n) is 3.46. The predicted molar refractivity (Wildman–Crippen MR) is 107 cm³/mol.